The van der Waals surface area contributed by atoms with Gasteiger partial charge in [0, 0.05) is 11.4 Å². The van der Waals surface area contributed by atoms with Crippen LogP contribution in [0, 0.1) is 24.0 Å². The number of rotatable bonds is 1. The summed E-state index contributed by atoms with van der Waals surface area (Å²) in [5, 5.41) is 10.5. The van der Waals surface area contributed by atoms with Crippen LogP contribution in [0.1, 0.15) is 11.4 Å². The Balaban J connectivity index is 2.92. The molecule has 0 unspecified atom stereocenters. The summed E-state index contributed by atoms with van der Waals surface area (Å²) in [6.07, 6.45) is 1.24. The zero-order valence-corrected chi connectivity index (χ0v) is 8.14. The summed E-state index contributed by atoms with van der Waals surface area (Å²) < 4.78 is 1.42. The lowest BCUT2D eigenvalue weighted by atomic mass is 10.3. The van der Waals surface area contributed by atoms with Crippen molar-refractivity contribution in [1.82, 2.24) is 14.4 Å². The lowest BCUT2D eigenvalue weighted by Crippen LogP contribution is -2.13. The Bertz CT molecular complexity index is 610. The molecule has 15 heavy (non-hydrogen) atoms. The summed E-state index contributed by atoms with van der Waals surface area (Å²) >= 11 is 0. The molecular formula is C8H8N4O3. The molecule has 0 aliphatic carbocycles. The first-order valence-corrected chi connectivity index (χ1v) is 4.23. The number of nitrogens with one attached hydrogen (secondary N) is 1. The summed E-state index contributed by atoms with van der Waals surface area (Å²) in [4.78, 5) is 27.5. The van der Waals surface area contributed by atoms with Crippen LogP contribution < -0.4 is 5.56 Å². The van der Waals surface area contributed by atoms with Crippen molar-refractivity contribution in [2.45, 2.75) is 13.8 Å². The number of aromatic amines is 1. The van der Waals surface area contributed by atoms with Crippen LogP contribution in [0.25, 0.3) is 5.65 Å². The van der Waals surface area contributed by atoms with Crippen molar-refractivity contribution >= 4 is 11.5 Å². The third-order valence-corrected chi connectivity index (χ3v) is 2.29. The predicted molar refractivity (Wildman–Crippen MR) is 51.9 cm³/mol. The topological polar surface area (TPSA) is 93.3 Å². The summed E-state index contributed by atoms with van der Waals surface area (Å²) in [5.74, 6) is -0.325. The van der Waals surface area contributed by atoms with Gasteiger partial charge in [0.15, 0.2) is 0 Å². The third-order valence-electron chi connectivity index (χ3n) is 2.29. The molecule has 2 heterocycles. The van der Waals surface area contributed by atoms with Crippen molar-refractivity contribution in [3.8, 4) is 0 Å². The van der Waals surface area contributed by atoms with Gasteiger partial charge in [-0.15, -0.1) is 0 Å². The van der Waals surface area contributed by atoms with E-state index in [0.717, 1.165) is 5.69 Å². The highest BCUT2D eigenvalue weighted by Crippen LogP contribution is 2.12. The Hall–Kier alpha value is -2.18. The fraction of sp³-hybridized carbons (Fsp3) is 0.250. The van der Waals surface area contributed by atoms with Crippen LogP contribution in [0.2, 0.25) is 0 Å². The highest BCUT2D eigenvalue weighted by molar-refractivity contribution is 5.43. The SMILES string of the molecule is Cc1[nH]c(=O)c2nc([N+](=O)[O-])cn2c1C. The second-order valence-corrected chi connectivity index (χ2v) is 3.21. The second kappa shape index (κ2) is 2.91. The molecule has 7 nitrogen and oxygen atoms in total. The van der Waals surface area contributed by atoms with E-state index in [9.17, 15) is 14.9 Å². The van der Waals surface area contributed by atoms with Gasteiger partial charge in [-0.05, 0) is 23.8 Å². The standard InChI is InChI=1S/C8H8N4O3/c1-4-5(2)11-3-6(12(14)15)10-7(11)8(13)9-4/h3H,1-2H3,(H,9,13). The molecule has 0 spiro atoms. The third kappa shape index (κ3) is 1.28. The summed E-state index contributed by atoms with van der Waals surface area (Å²) in [6.45, 7) is 3.48. The smallest absolute Gasteiger partial charge is 0.358 e. The van der Waals surface area contributed by atoms with Gasteiger partial charge in [0.1, 0.15) is 6.20 Å². The van der Waals surface area contributed by atoms with Crippen molar-refractivity contribution in [2.24, 2.45) is 0 Å². The van der Waals surface area contributed by atoms with E-state index in [2.05, 4.69) is 9.97 Å². The summed E-state index contributed by atoms with van der Waals surface area (Å²) in [6, 6.07) is 0. The van der Waals surface area contributed by atoms with Crippen LogP contribution in [0.15, 0.2) is 11.0 Å². The molecule has 0 saturated heterocycles. The van der Waals surface area contributed by atoms with Gasteiger partial charge in [-0.3, -0.25) is 9.20 Å². The Kier molecular flexibility index (Phi) is 1.82. The highest BCUT2D eigenvalue weighted by atomic mass is 16.6. The van der Waals surface area contributed by atoms with E-state index < -0.39 is 10.5 Å². The molecule has 0 aromatic carbocycles. The van der Waals surface area contributed by atoms with E-state index in [0.29, 0.717) is 5.69 Å². The van der Waals surface area contributed by atoms with Gasteiger partial charge < -0.3 is 15.1 Å². The fourth-order valence-electron chi connectivity index (χ4n) is 1.37. The maximum Gasteiger partial charge on any atom is 0.382 e. The van der Waals surface area contributed by atoms with Crippen LogP contribution >= 0.6 is 0 Å². The minimum Gasteiger partial charge on any atom is -0.358 e. The maximum atomic E-state index is 11.4. The first-order chi connectivity index (χ1) is 7.00. The van der Waals surface area contributed by atoms with Crippen LogP contribution in [0.3, 0.4) is 0 Å². The van der Waals surface area contributed by atoms with Crippen molar-refractivity contribution in [1.29, 1.82) is 0 Å². The number of H-pyrrole nitrogens is 1. The summed E-state index contributed by atoms with van der Waals surface area (Å²) in [5.41, 5.74) is 1.01. The van der Waals surface area contributed by atoms with E-state index in [1.54, 1.807) is 13.8 Å². The van der Waals surface area contributed by atoms with Crippen molar-refractivity contribution in [2.75, 3.05) is 0 Å². The Morgan fingerprint density at radius 1 is 1.53 bits per heavy atom. The number of aromatic nitrogens is 3. The van der Waals surface area contributed by atoms with Crippen molar-refractivity contribution in [3.63, 3.8) is 0 Å². The maximum absolute atomic E-state index is 11.4. The first kappa shape index (κ1) is 9.38. The number of hydrogen-bond acceptors (Lipinski definition) is 4. The van der Waals surface area contributed by atoms with Crippen LogP contribution in [0.5, 0.6) is 0 Å². The van der Waals surface area contributed by atoms with Gasteiger partial charge in [0.2, 0.25) is 0 Å². The van der Waals surface area contributed by atoms with Crippen molar-refractivity contribution < 1.29 is 4.92 Å². The minimum absolute atomic E-state index is 0.0461. The lowest BCUT2D eigenvalue weighted by molar-refractivity contribution is -0.389. The molecule has 7 heteroatoms. The molecule has 0 bridgehead atoms. The molecule has 0 aliphatic rings. The molecule has 0 amide bonds. The second-order valence-electron chi connectivity index (χ2n) is 3.21. The molecule has 0 atom stereocenters. The van der Waals surface area contributed by atoms with E-state index in [4.69, 9.17) is 0 Å². The van der Waals surface area contributed by atoms with E-state index in [1.807, 2.05) is 0 Å². The predicted octanol–water partition coefficient (Wildman–Crippen LogP) is 0.548. The molecule has 0 fully saturated rings. The van der Waals surface area contributed by atoms with E-state index >= 15 is 0 Å². The van der Waals surface area contributed by atoms with E-state index in [-0.39, 0.29) is 11.5 Å². The van der Waals surface area contributed by atoms with Gasteiger partial charge in [-0.1, -0.05) is 0 Å². The van der Waals surface area contributed by atoms with Gasteiger partial charge in [-0.25, -0.2) is 0 Å². The zero-order chi connectivity index (χ0) is 11.2. The first-order valence-electron chi connectivity index (χ1n) is 4.23. The molecule has 1 N–H and O–H groups in total. The van der Waals surface area contributed by atoms with Gasteiger partial charge in [-0.2, -0.15) is 0 Å². The number of aryl methyl sites for hydroxylation is 2. The monoisotopic (exact) mass is 208 g/mol. The highest BCUT2D eigenvalue weighted by Gasteiger charge is 2.18. The van der Waals surface area contributed by atoms with Crippen LogP contribution in [-0.2, 0) is 0 Å². The zero-order valence-electron chi connectivity index (χ0n) is 8.14. The largest absolute Gasteiger partial charge is 0.382 e. The number of imidazole rings is 1. The molecule has 0 aliphatic heterocycles. The van der Waals surface area contributed by atoms with Crippen LogP contribution in [-0.4, -0.2) is 19.3 Å². The molecule has 0 saturated carbocycles. The van der Waals surface area contributed by atoms with Gasteiger partial charge in [0.05, 0.1) is 0 Å². The molecule has 2 rings (SSSR count). The molecular weight excluding hydrogens is 200 g/mol. The molecule has 78 valence electrons. The molecule has 2 aromatic heterocycles. The van der Waals surface area contributed by atoms with Gasteiger partial charge in [0.25, 0.3) is 0 Å². The summed E-state index contributed by atoms with van der Waals surface area (Å²) in [7, 11) is 0. The Morgan fingerprint density at radius 3 is 2.80 bits per heavy atom. The normalized spacial score (nSPS) is 10.8. The van der Waals surface area contributed by atoms with E-state index in [1.165, 1.54) is 10.6 Å². The van der Waals surface area contributed by atoms with Gasteiger partial charge >= 0.3 is 17.0 Å². The number of hydrogen-bond donors (Lipinski definition) is 1. The Morgan fingerprint density at radius 2 is 2.20 bits per heavy atom. The minimum atomic E-state index is -0.624. The lowest BCUT2D eigenvalue weighted by Gasteiger charge is -1.99. The van der Waals surface area contributed by atoms with Crippen LogP contribution in [0.4, 0.5) is 5.82 Å². The number of nitrogens with zero attached hydrogens (tertiary/aromatic N) is 3. The fourth-order valence-corrected chi connectivity index (χ4v) is 1.37. The molecule has 2 aromatic rings. The Labute approximate surface area is 83.5 Å². The number of nitro groups is 1. The van der Waals surface area contributed by atoms with Crippen molar-refractivity contribution in [3.05, 3.63) is 38.1 Å². The average molecular weight is 208 g/mol. The quantitative estimate of drug-likeness (QED) is 0.546. The molecule has 0 radical (unpaired) electrons. The number of fused-ring (bicyclic) bond motifs is 1. The average Bonchev–Trinajstić information content (AvgIpc) is 2.59.